The van der Waals surface area contributed by atoms with Crippen molar-refractivity contribution in [2.24, 2.45) is 0 Å². The summed E-state index contributed by atoms with van der Waals surface area (Å²) in [6.07, 6.45) is 4.84. The minimum Gasteiger partial charge on any atom is -0.382 e. The van der Waals surface area contributed by atoms with E-state index in [0.717, 1.165) is 31.9 Å². The number of nitrogen functional groups attached to an aromatic ring is 1. The fraction of sp³-hybridized carbons (Fsp3) is 0.308. The number of nitrogens with two attached hydrogens (primary N) is 1. The second kappa shape index (κ2) is 5.91. The highest BCUT2D eigenvalue weighted by molar-refractivity contribution is 6.35. The minimum atomic E-state index is 0.307. The van der Waals surface area contributed by atoms with Crippen molar-refractivity contribution in [1.82, 2.24) is 15.0 Å². The Balaban J connectivity index is 1.74. The Hall–Kier alpha value is -1.79. The zero-order valence-electron chi connectivity index (χ0n) is 11.2. The maximum Gasteiger partial charge on any atom is 0.153 e. The molecule has 0 spiro atoms. The van der Waals surface area contributed by atoms with Gasteiger partial charge in [0.05, 0.1) is 10.7 Å². The highest BCUT2D eigenvalue weighted by Crippen LogP contribution is 2.29. The van der Waals surface area contributed by atoms with Crippen LogP contribution in [0.4, 0.5) is 17.3 Å². The first-order chi connectivity index (χ1) is 10.2. The molecule has 1 saturated heterocycles. The van der Waals surface area contributed by atoms with Crippen molar-refractivity contribution in [3.05, 3.63) is 34.8 Å². The molecule has 0 aromatic carbocycles. The molecule has 0 saturated carbocycles. The highest BCUT2D eigenvalue weighted by atomic mass is 35.5. The van der Waals surface area contributed by atoms with Gasteiger partial charge in [0.2, 0.25) is 0 Å². The van der Waals surface area contributed by atoms with E-state index in [9.17, 15) is 0 Å². The Morgan fingerprint density at radius 3 is 2.48 bits per heavy atom. The summed E-state index contributed by atoms with van der Waals surface area (Å²) in [7, 11) is 0. The van der Waals surface area contributed by atoms with Crippen LogP contribution >= 0.6 is 23.2 Å². The fourth-order valence-electron chi connectivity index (χ4n) is 2.38. The normalized spacial score (nSPS) is 15.3. The quantitative estimate of drug-likeness (QED) is 0.912. The Labute approximate surface area is 132 Å². The average molecular weight is 325 g/mol. The van der Waals surface area contributed by atoms with Crippen LogP contribution in [0.25, 0.3) is 0 Å². The summed E-state index contributed by atoms with van der Waals surface area (Å²) in [6.45, 7) is 3.22. The van der Waals surface area contributed by atoms with E-state index < -0.39 is 0 Å². The molecule has 0 aliphatic carbocycles. The Morgan fingerprint density at radius 1 is 1.05 bits per heavy atom. The number of hydrogen-bond acceptors (Lipinski definition) is 6. The monoisotopic (exact) mass is 324 g/mol. The Kier molecular flexibility index (Phi) is 3.98. The van der Waals surface area contributed by atoms with Crippen molar-refractivity contribution >= 4 is 40.5 Å². The van der Waals surface area contributed by atoms with Crippen LogP contribution in [-0.4, -0.2) is 41.1 Å². The third kappa shape index (κ3) is 2.82. The van der Waals surface area contributed by atoms with E-state index >= 15 is 0 Å². The van der Waals surface area contributed by atoms with Crippen molar-refractivity contribution in [2.45, 2.75) is 0 Å². The minimum absolute atomic E-state index is 0.307. The maximum absolute atomic E-state index is 6.18. The van der Waals surface area contributed by atoms with Gasteiger partial charge in [-0.05, 0) is 6.07 Å². The van der Waals surface area contributed by atoms with Crippen LogP contribution in [0.5, 0.6) is 0 Å². The third-order valence-electron chi connectivity index (χ3n) is 3.47. The molecule has 3 rings (SSSR count). The lowest BCUT2D eigenvalue weighted by molar-refractivity contribution is 0.647. The second-order valence-corrected chi connectivity index (χ2v) is 5.48. The van der Waals surface area contributed by atoms with Crippen LogP contribution < -0.4 is 15.5 Å². The lowest BCUT2D eigenvalue weighted by Crippen LogP contribution is -2.47. The van der Waals surface area contributed by atoms with Crippen molar-refractivity contribution in [3.8, 4) is 0 Å². The number of nitrogens with zero attached hydrogens (tertiary/aromatic N) is 5. The lowest BCUT2D eigenvalue weighted by Gasteiger charge is -2.37. The molecule has 0 amide bonds. The number of pyridine rings is 1. The zero-order chi connectivity index (χ0) is 14.8. The first-order valence-corrected chi connectivity index (χ1v) is 7.28. The molecule has 1 aliphatic heterocycles. The molecule has 21 heavy (non-hydrogen) atoms. The van der Waals surface area contributed by atoms with Gasteiger partial charge in [-0.25, -0.2) is 9.97 Å². The molecule has 1 fully saturated rings. The predicted molar refractivity (Wildman–Crippen MR) is 85.1 cm³/mol. The zero-order valence-corrected chi connectivity index (χ0v) is 12.7. The van der Waals surface area contributed by atoms with Crippen LogP contribution in [0, 0.1) is 0 Å². The number of halogens is 2. The number of anilines is 3. The molecule has 8 heteroatoms. The van der Waals surface area contributed by atoms with Crippen LogP contribution in [0.15, 0.2) is 24.8 Å². The van der Waals surface area contributed by atoms with Crippen molar-refractivity contribution in [2.75, 3.05) is 41.7 Å². The molecule has 2 aromatic rings. The van der Waals surface area contributed by atoms with E-state index in [0.29, 0.717) is 21.7 Å². The first kappa shape index (κ1) is 14.2. The Bertz CT molecular complexity index is 642. The predicted octanol–water partition coefficient (Wildman–Crippen LogP) is 2.09. The summed E-state index contributed by atoms with van der Waals surface area (Å²) in [5.41, 5.74) is 6.72. The van der Waals surface area contributed by atoms with Gasteiger partial charge in [0.1, 0.15) is 17.2 Å². The van der Waals surface area contributed by atoms with Crippen molar-refractivity contribution in [1.29, 1.82) is 0 Å². The van der Waals surface area contributed by atoms with Crippen LogP contribution in [0.3, 0.4) is 0 Å². The SMILES string of the molecule is Nc1ncnc(N2CCN(c3ccncc3Cl)CC2)c1Cl. The summed E-state index contributed by atoms with van der Waals surface area (Å²) in [6, 6.07) is 1.92. The van der Waals surface area contributed by atoms with Gasteiger partial charge in [0.15, 0.2) is 5.82 Å². The molecular weight excluding hydrogens is 311 g/mol. The van der Waals surface area contributed by atoms with E-state index in [2.05, 4.69) is 24.8 Å². The van der Waals surface area contributed by atoms with Gasteiger partial charge in [-0.3, -0.25) is 4.98 Å². The maximum atomic E-state index is 6.18. The average Bonchev–Trinajstić information content (AvgIpc) is 2.51. The molecule has 2 aromatic heterocycles. The number of piperazine rings is 1. The molecular formula is C13H14Cl2N6. The van der Waals surface area contributed by atoms with E-state index in [1.165, 1.54) is 6.33 Å². The number of aromatic nitrogens is 3. The van der Waals surface area contributed by atoms with Gasteiger partial charge in [0.25, 0.3) is 0 Å². The van der Waals surface area contributed by atoms with E-state index in [-0.39, 0.29) is 0 Å². The molecule has 0 bridgehead atoms. The molecule has 1 aliphatic rings. The lowest BCUT2D eigenvalue weighted by atomic mass is 10.2. The van der Waals surface area contributed by atoms with Gasteiger partial charge in [-0.15, -0.1) is 0 Å². The summed E-state index contributed by atoms with van der Waals surface area (Å²) in [5.74, 6) is 0.992. The topological polar surface area (TPSA) is 71.2 Å². The summed E-state index contributed by atoms with van der Waals surface area (Å²) in [5, 5.41) is 1.07. The summed E-state index contributed by atoms with van der Waals surface area (Å²) >= 11 is 12.4. The molecule has 0 radical (unpaired) electrons. The fourth-order valence-corrected chi connectivity index (χ4v) is 2.83. The van der Waals surface area contributed by atoms with E-state index in [1.54, 1.807) is 12.4 Å². The van der Waals surface area contributed by atoms with Gasteiger partial charge < -0.3 is 15.5 Å². The van der Waals surface area contributed by atoms with Crippen LogP contribution in [0.2, 0.25) is 10.0 Å². The second-order valence-electron chi connectivity index (χ2n) is 4.70. The first-order valence-electron chi connectivity index (χ1n) is 6.52. The molecule has 6 nitrogen and oxygen atoms in total. The van der Waals surface area contributed by atoms with Crippen LogP contribution in [-0.2, 0) is 0 Å². The molecule has 0 unspecified atom stereocenters. The molecule has 2 N–H and O–H groups in total. The van der Waals surface area contributed by atoms with Gasteiger partial charge in [-0.2, -0.15) is 0 Å². The van der Waals surface area contributed by atoms with Gasteiger partial charge in [-0.1, -0.05) is 23.2 Å². The molecule has 0 atom stereocenters. The highest BCUT2D eigenvalue weighted by Gasteiger charge is 2.22. The van der Waals surface area contributed by atoms with Gasteiger partial charge in [0, 0.05) is 38.6 Å². The van der Waals surface area contributed by atoms with Crippen molar-refractivity contribution < 1.29 is 0 Å². The third-order valence-corrected chi connectivity index (χ3v) is 4.12. The van der Waals surface area contributed by atoms with Crippen LogP contribution in [0.1, 0.15) is 0 Å². The smallest absolute Gasteiger partial charge is 0.153 e. The summed E-state index contributed by atoms with van der Waals surface area (Å²) in [4.78, 5) is 16.4. The number of rotatable bonds is 2. The van der Waals surface area contributed by atoms with Gasteiger partial charge >= 0.3 is 0 Å². The number of hydrogen-bond donors (Lipinski definition) is 1. The molecule has 110 valence electrons. The molecule has 3 heterocycles. The van der Waals surface area contributed by atoms with Crippen molar-refractivity contribution in [3.63, 3.8) is 0 Å². The Morgan fingerprint density at radius 2 is 1.76 bits per heavy atom. The largest absolute Gasteiger partial charge is 0.382 e. The van der Waals surface area contributed by atoms with E-state index in [4.69, 9.17) is 28.9 Å². The standard InChI is InChI=1S/C13H14Cl2N6/c14-9-7-17-2-1-10(9)20-3-5-21(6-4-20)13-11(15)12(16)18-8-19-13/h1-2,7-8H,3-6H2,(H2,16,18,19). The van der Waals surface area contributed by atoms with E-state index in [1.807, 2.05) is 6.07 Å². The summed E-state index contributed by atoms with van der Waals surface area (Å²) < 4.78 is 0.